The zero-order valence-electron chi connectivity index (χ0n) is 9.77. The molecule has 0 aliphatic heterocycles. The van der Waals surface area contributed by atoms with Gasteiger partial charge in [0, 0.05) is 23.3 Å². The van der Waals surface area contributed by atoms with E-state index in [1.165, 1.54) is 10.4 Å². The van der Waals surface area contributed by atoms with E-state index in [1.54, 1.807) is 22.7 Å². The van der Waals surface area contributed by atoms with Crippen molar-refractivity contribution in [3.05, 3.63) is 43.8 Å². The average Bonchev–Trinajstić information content (AvgIpc) is 3.06. The fraction of sp³-hybridized carbons (Fsp3) is 0.286. The third-order valence-electron chi connectivity index (χ3n) is 3.25. The van der Waals surface area contributed by atoms with Gasteiger partial charge < -0.3 is 0 Å². The number of ketones is 2. The maximum absolute atomic E-state index is 10.9. The van der Waals surface area contributed by atoms with Crippen molar-refractivity contribution in [2.75, 3.05) is 0 Å². The summed E-state index contributed by atoms with van der Waals surface area (Å²) in [6.07, 6.45) is 3.42. The van der Waals surface area contributed by atoms with E-state index < -0.39 is 0 Å². The van der Waals surface area contributed by atoms with Crippen LogP contribution in [0.25, 0.3) is 0 Å². The fourth-order valence-corrected chi connectivity index (χ4v) is 4.10. The smallest absolute Gasteiger partial charge is 0.173 e. The van der Waals surface area contributed by atoms with E-state index in [0.29, 0.717) is 11.6 Å². The van der Waals surface area contributed by atoms with Gasteiger partial charge >= 0.3 is 0 Å². The third kappa shape index (κ3) is 2.06. The molecule has 0 saturated carbocycles. The first-order valence-corrected chi connectivity index (χ1v) is 7.71. The Kier molecular flexibility index (Phi) is 3.14. The molecule has 0 saturated heterocycles. The maximum Gasteiger partial charge on any atom is 0.173 e. The molecule has 2 aliphatic rings. The fourth-order valence-electron chi connectivity index (χ4n) is 2.28. The predicted molar refractivity (Wildman–Crippen MR) is 73.9 cm³/mol. The zero-order chi connectivity index (χ0) is 12.5. The van der Waals surface area contributed by atoms with E-state index in [1.807, 2.05) is 22.9 Å². The number of rotatable bonds is 0. The van der Waals surface area contributed by atoms with Crippen LogP contribution in [-0.4, -0.2) is 11.6 Å². The van der Waals surface area contributed by atoms with Gasteiger partial charge in [0.25, 0.3) is 0 Å². The van der Waals surface area contributed by atoms with Crippen LogP contribution in [-0.2, 0) is 12.8 Å². The Morgan fingerprint density at radius 2 is 1.61 bits per heavy atom. The molecule has 18 heavy (non-hydrogen) atoms. The van der Waals surface area contributed by atoms with Gasteiger partial charge in [0.15, 0.2) is 11.6 Å². The van der Waals surface area contributed by atoms with Crippen LogP contribution in [0.15, 0.2) is 22.9 Å². The maximum atomic E-state index is 10.9. The van der Waals surface area contributed by atoms with Gasteiger partial charge in [-0.2, -0.15) is 0 Å². The Morgan fingerprint density at radius 1 is 0.833 bits per heavy atom. The summed E-state index contributed by atoms with van der Waals surface area (Å²) in [6, 6.07) is 3.97. The number of carbonyl (C=O) groups excluding carboxylic acids is 2. The molecule has 0 spiro atoms. The van der Waals surface area contributed by atoms with Gasteiger partial charge in [-0.3, -0.25) is 9.59 Å². The van der Waals surface area contributed by atoms with E-state index >= 15 is 0 Å². The molecule has 0 N–H and O–H groups in total. The van der Waals surface area contributed by atoms with Crippen LogP contribution in [0.3, 0.4) is 0 Å². The first kappa shape index (κ1) is 11.8. The quantitative estimate of drug-likeness (QED) is 0.734. The second-order valence-corrected chi connectivity index (χ2v) is 6.30. The van der Waals surface area contributed by atoms with Gasteiger partial charge in [-0.05, 0) is 41.3 Å². The average molecular weight is 276 g/mol. The highest BCUT2D eigenvalue weighted by atomic mass is 32.1. The molecule has 2 heterocycles. The second kappa shape index (κ2) is 4.78. The van der Waals surface area contributed by atoms with Crippen molar-refractivity contribution in [3.8, 4) is 0 Å². The van der Waals surface area contributed by atoms with Gasteiger partial charge in [-0.1, -0.05) is 0 Å². The van der Waals surface area contributed by atoms with Crippen LogP contribution in [0.5, 0.6) is 0 Å². The van der Waals surface area contributed by atoms with Gasteiger partial charge in [-0.15, -0.1) is 22.7 Å². The van der Waals surface area contributed by atoms with Crippen molar-refractivity contribution < 1.29 is 9.59 Å². The van der Waals surface area contributed by atoms with Crippen molar-refractivity contribution in [1.29, 1.82) is 0 Å². The highest BCUT2D eigenvalue weighted by molar-refractivity contribution is 7.12. The minimum Gasteiger partial charge on any atom is -0.294 e. The van der Waals surface area contributed by atoms with Crippen molar-refractivity contribution in [3.63, 3.8) is 0 Å². The summed E-state index contributed by atoms with van der Waals surface area (Å²) in [5.74, 6) is 0.659. The normalized spacial score (nSPS) is 16.2. The molecule has 0 bridgehead atoms. The lowest BCUT2D eigenvalue weighted by Crippen LogP contribution is -1.86. The van der Waals surface area contributed by atoms with Crippen molar-refractivity contribution in [2.45, 2.75) is 25.7 Å². The molecule has 2 aromatic heterocycles. The summed E-state index contributed by atoms with van der Waals surface area (Å²) in [7, 11) is 0. The van der Waals surface area contributed by atoms with Crippen molar-refractivity contribution in [1.82, 2.24) is 0 Å². The number of Topliss-reactive ketones (excluding diaryl/α,β-unsaturated/α-hetero) is 2. The molecule has 92 valence electrons. The first-order chi connectivity index (χ1) is 8.75. The predicted octanol–water partition coefficient (Wildman–Crippen LogP) is 3.75. The Bertz CT molecular complexity index is 553. The second-order valence-electron chi connectivity index (χ2n) is 4.38. The highest BCUT2D eigenvalue weighted by Crippen LogP contribution is 2.27. The molecule has 0 unspecified atom stereocenters. The number of hydrogen-bond acceptors (Lipinski definition) is 4. The van der Waals surface area contributed by atoms with E-state index in [2.05, 4.69) is 0 Å². The van der Waals surface area contributed by atoms with Gasteiger partial charge in [0.05, 0.1) is 4.88 Å². The molecule has 0 amide bonds. The number of fused-ring (bicyclic) bond motifs is 2. The number of thiophene rings is 2. The Morgan fingerprint density at radius 3 is 2.39 bits per heavy atom. The molecule has 0 aromatic carbocycles. The minimum absolute atomic E-state index is 0.325. The van der Waals surface area contributed by atoms with Crippen LogP contribution in [0.4, 0.5) is 0 Å². The molecule has 2 nitrogen and oxygen atoms in total. The van der Waals surface area contributed by atoms with E-state index in [4.69, 9.17) is 0 Å². The molecule has 0 radical (unpaired) electrons. The topological polar surface area (TPSA) is 34.1 Å². The van der Waals surface area contributed by atoms with Crippen LogP contribution >= 0.6 is 22.7 Å². The Balaban J connectivity index is 0.000000111. The summed E-state index contributed by atoms with van der Waals surface area (Å²) < 4.78 is 0. The van der Waals surface area contributed by atoms with Crippen LogP contribution in [0.2, 0.25) is 0 Å². The van der Waals surface area contributed by atoms with E-state index in [0.717, 1.165) is 36.1 Å². The molecule has 4 rings (SSSR count). The summed E-state index contributed by atoms with van der Waals surface area (Å²) in [5.41, 5.74) is 2.23. The lowest BCUT2D eigenvalue weighted by Gasteiger charge is -1.79. The molecule has 0 fully saturated rings. The molecule has 2 aromatic rings. The van der Waals surface area contributed by atoms with Gasteiger partial charge in [0.1, 0.15) is 0 Å². The third-order valence-corrected chi connectivity index (χ3v) is 5.22. The Labute approximate surface area is 113 Å². The van der Waals surface area contributed by atoms with Gasteiger partial charge in [0.2, 0.25) is 0 Å². The number of carbonyl (C=O) groups is 2. The molecule has 2 aliphatic carbocycles. The summed E-state index contributed by atoms with van der Waals surface area (Å²) in [4.78, 5) is 24.1. The van der Waals surface area contributed by atoms with E-state index in [9.17, 15) is 9.59 Å². The van der Waals surface area contributed by atoms with E-state index in [-0.39, 0.29) is 0 Å². The minimum atomic E-state index is 0.325. The molecule has 0 atom stereocenters. The zero-order valence-corrected chi connectivity index (χ0v) is 11.4. The summed E-state index contributed by atoms with van der Waals surface area (Å²) in [6.45, 7) is 0. The SMILES string of the molecule is O=C1CCc2ccsc21.O=C1CCc2sccc21. The molecule has 4 heteroatoms. The van der Waals surface area contributed by atoms with Crippen LogP contribution in [0.1, 0.15) is 43.3 Å². The lowest BCUT2D eigenvalue weighted by atomic mass is 10.2. The monoisotopic (exact) mass is 276 g/mol. The largest absolute Gasteiger partial charge is 0.294 e. The summed E-state index contributed by atoms with van der Waals surface area (Å²) in [5, 5.41) is 3.98. The Hall–Kier alpha value is -1.26. The summed E-state index contributed by atoms with van der Waals surface area (Å²) >= 11 is 3.27. The molecular formula is C14H12O2S2. The van der Waals surface area contributed by atoms with Crippen LogP contribution in [0, 0.1) is 0 Å². The first-order valence-electron chi connectivity index (χ1n) is 5.95. The van der Waals surface area contributed by atoms with Crippen molar-refractivity contribution >= 4 is 34.2 Å². The van der Waals surface area contributed by atoms with Crippen molar-refractivity contribution in [2.24, 2.45) is 0 Å². The highest BCUT2D eigenvalue weighted by Gasteiger charge is 2.20. The standard InChI is InChI=1S/2C7H6OS/c8-6-1-2-7-5(6)3-4-9-7;8-6-2-1-5-3-4-9-7(5)6/h2*3-4H,1-2H2. The number of hydrogen-bond donors (Lipinski definition) is 0. The van der Waals surface area contributed by atoms with Crippen LogP contribution < -0.4 is 0 Å². The molecular weight excluding hydrogens is 264 g/mol. The van der Waals surface area contributed by atoms with Gasteiger partial charge in [-0.25, -0.2) is 0 Å². The lowest BCUT2D eigenvalue weighted by molar-refractivity contribution is 0.0988. The number of aryl methyl sites for hydroxylation is 2.